The molecule has 3 N–H and O–H groups in total. The molecule has 0 radical (unpaired) electrons. The van der Waals surface area contributed by atoms with E-state index >= 15 is 0 Å². The third-order valence-electron chi connectivity index (χ3n) is 2.43. The zero-order chi connectivity index (χ0) is 9.97. The van der Waals surface area contributed by atoms with E-state index in [1.807, 2.05) is 12.1 Å². The Bertz CT molecular complexity index is 296. The highest BCUT2D eigenvalue weighted by atomic mass is 35.5. The molecule has 1 atom stereocenters. The van der Waals surface area contributed by atoms with Crippen LogP contribution in [0.5, 0.6) is 0 Å². The summed E-state index contributed by atoms with van der Waals surface area (Å²) in [5.74, 6) is 0. The number of thiophene rings is 1. The van der Waals surface area contributed by atoms with E-state index in [9.17, 15) is 0 Å². The number of nitrogens with two attached hydrogens (primary N) is 1. The van der Waals surface area contributed by atoms with E-state index in [4.69, 9.17) is 17.3 Å². The first-order chi connectivity index (χ1) is 6.77. The largest absolute Gasteiger partial charge is 0.314 e. The van der Waals surface area contributed by atoms with Crippen molar-refractivity contribution in [1.82, 2.24) is 10.2 Å². The predicted molar refractivity (Wildman–Crippen MR) is 60.7 cm³/mol. The second kappa shape index (κ2) is 4.59. The topological polar surface area (TPSA) is 41.3 Å². The summed E-state index contributed by atoms with van der Waals surface area (Å²) in [6.45, 7) is 4.06. The van der Waals surface area contributed by atoms with Gasteiger partial charge in [-0.3, -0.25) is 4.90 Å². The molecule has 2 heterocycles. The van der Waals surface area contributed by atoms with E-state index in [-0.39, 0.29) is 6.17 Å². The van der Waals surface area contributed by atoms with Crippen LogP contribution in [-0.4, -0.2) is 31.1 Å². The standard InChI is InChI=1S/C9H14ClN3S/c10-8-2-1-7(14-8)9(11)13-5-3-12-4-6-13/h1-2,9,12H,3-6,11H2. The summed E-state index contributed by atoms with van der Waals surface area (Å²) in [6, 6.07) is 3.92. The third kappa shape index (κ3) is 2.27. The Labute approximate surface area is 92.8 Å². The number of hydrogen-bond acceptors (Lipinski definition) is 4. The first-order valence-corrected chi connectivity index (χ1v) is 5.92. The zero-order valence-corrected chi connectivity index (χ0v) is 9.44. The molecule has 1 aromatic rings. The molecule has 0 saturated carbocycles. The van der Waals surface area contributed by atoms with Crippen LogP contribution in [0.2, 0.25) is 4.34 Å². The van der Waals surface area contributed by atoms with Crippen molar-refractivity contribution in [3.63, 3.8) is 0 Å². The van der Waals surface area contributed by atoms with Crippen molar-refractivity contribution in [1.29, 1.82) is 0 Å². The maximum Gasteiger partial charge on any atom is 0.0932 e. The molecule has 0 bridgehead atoms. The van der Waals surface area contributed by atoms with Crippen LogP contribution in [-0.2, 0) is 0 Å². The van der Waals surface area contributed by atoms with Gasteiger partial charge in [0, 0.05) is 31.1 Å². The number of nitrogens with one attached hydrogen (secondary N) is 1. The van der Waals surface area contributed by atoms with Gasteiger partial charge < -0.3 is 11.1 Å². The number of rotatable bonds is 2. The molecular weight excluding hydrogens is 218 g/mol. The lowest BCUT2D eigenvalue weighted by Crippen LogP contribution is -2.47. The molecule has 5 heteroatoms. The molecule has 3 nitrogen and oxygen atoms in total. The molecule has 1 saturated heterocycles. The highest BCUT2D eigenvalue weighted by molar-refractivity contribution is 7.16. The maximum atomic E-state index is 6.13. The van der Waals surface area contributed by atoms with Crippen LogP contribution in [0, 0.1) is 0 Å². The smallest absolute Gasteiger partial charge is 0.0932 e. The van der Waals surface area contributed by atoms with Crippen molar-refractivity contribution in [2.24, 2.45) is 5.73 Å². The van der Waals surface area contributed by atoms with Crippen LogP contribution < -0.4 is 11.1 Å². The van der Waals surface area contributed by atoms with Gasteiger partial charge >= 0.3 is 0 Å². The summed E-state index contributed by atoms with van der Waals surface area (Å²) < 4.78 is 0.811. The molecule has 0 aromatic carbocycles. The monoisotopic (exact) mass is 231 g/mol. The van der Waals surface area contributed by atoms with Crippen LogP contribution in [0.25, 0.3) is 0 Å². The van der Waals surface area contributed by atoms with Crippen molar-refractivity contribution < 1.29 is 0 Å². The summed E-state index contributed by atoms with van der Waals surface area (Å²) in [7, 11) is 0. The minimum Gasteiger partial charge on any atom is -0.314 e. The number of nitrogens with zero attached hydrogens (tertiary/aromatic N) is 1. The van der Waals surface area contributed by atoms with Crippen molar-refractivity contribution in [3.8, 4) is 0 Å². The van der Waals surface area contributed by atoms with Crippen molar-refractivity contribution in [2.75, 3.05) is 26.2 Å². The van der Waals surface area contributed by atoms with E-state index in [2.05, 4.69) is 10.2 Å². The Balaban J connectivity index is 2.03. The number of halogens is 1. The lowest BCUT2D eigenvalue weighted by Gasteiger charge is -2.31. The van der Waals surface area contributed by atoms with Gasteiger partial charge in [-0.1, -0.05) is 11.6 Å². The van der Waals surface area contributed by atoms with Crippen LogP contribution >= 0.6 is 22.9 Å². The van der Waals surface area contributed by atoms with E-state index in [1.165, 1.54) is 0 Å². The molecule has 1 aromatic heterocycles. The molecule has 1 aliphatic heterocycles. The fourth-order valence-electron chi connectivity index (χ4n) is 1.63. The lowest BCUT2D eigenvalue weighted by molar-refractivity contribution is 0.180. The highest BCUT2D eigenvalue weighted by Crippen LogP contribution is 2.27. The van der Waals surface area contributed by atoms with Gasteiger partial charge in [0.2, 0.25) is 0 Å². The first kappa shape index (κ1) is 10.4. The normalized spacial score (nSPS) is 21.0. The van der Waals surface area contributed by atoms with Gasteiger partial charge in [-0.05, 0) is 12.1 Å². The summed E-state index contributed by atoms with van der Waals surface area (Å²) in [5.41, 5.74) is 6.13. The molecule has 1 aliphatic rings. The molecule has 78 valence electrons. The van der Waals surface area contributed by atoms with Gasteiger partial charge in [-0.15, -0.1) is 11.3 Å². The molecule has 0 spiro atoms. The average molecular weight is 232 g/mol. The average Bonchev–Trinajstić information content (AvgIpc) is 2.65. The Kier molecular flexibility index (Phi) is 3.41. The van der Waals surface area contributed by atoms with Gasteiger partial charge in [0.1, 0.15) is 0 Å². The van der Waals surface area contributed by atoms with E-state index in [0.717, 1.165) is 35.4 Å². The molecule has 0 aliphatic carbocycles. The number of hydrogen-bond donors (Lipinski definition) is 2. The first-order valence-electron chi connectivity index (χ1n) is 4.73. The quantitative estimate of drug-likeness (QED) is 0.806. The van der Waals surface area contributed by atoms with Crippen LogP contribution in [0.3, 0.4) is 0 Å². The van der Waals surface area contributed by atoms with E-state index < -0.39 is 0 Å². The molecule has 2 rings (SSSR count). The molecule has 1 unspecified atom stereocenters. The Morgan fingerprint density at radius 2 is 2.14 bits per heavy atom. The molecule has 14 heavy (non-hydrogen) atoms. The fourth-order valence-corrected chi connectivity index (χ4v) is 2.72. The van der Waals surface area contributed by atoms with Crippen LogP contribution in [0.15, 0.2) is 12.1 Å². The van der Waals surface area contributed by atoms with Gasteiger partial charge in [-0.2, -0.15) is 0 Å². The number of piperazine rings is 1. The lowest BCUT2D eigenvalue weighted by atomic mass is 10.3. The van der Waals surface area contributed by atoms with Crippen LogP contribution in [0.1, 0.15) is 11.0 Å². The van der Waals surface area contributed by atoms with Crippen molar-refractivity contribution in [3.05, 3.63) is 21.3 Å². The Morgan fingerprint density at radius 3 is 2.71 bits per heavy atom. The predicted octanol–water partition coefficient (Wildman–Crippen LogP) is 1.26. The fraction of sp³-hybridized carbons (Fsp3) is 0.556. The van der Waals surface area contributed by atoms with Crippen LogP contribution in [0.4, 0.5) is 0 Å². The van der Waals surface area contributed by atoms with Gasteiger partial charge in [0.15, 0.2) is 0 Å². The second-order valence-electron chi connectivity index (χ2n) is 3.37. The maximum absolute atomic E-state index is 6.13. The molecular formula is C9H14ClN3S. The second-order valence-corrected chi connectivity index (χ2v) is 5.12. The molecule has 0 amide bonds. The third-order valence-corrected chi connectivity index (χ3v) is 3.73. The summed E-state index contributed by atoms with van der Waals surface area (Å²) in [5, 5.41) is 3.31. The zero-order valence-electron chi connectivity index (χ0n) is 7.87. The summed E-state index contributed by atoms with van der Waals surface area (Å²) in [6.07, 6.45) is 0.00889. The van der Waals surface area contributed by atoms with Gasteiger partial charge in [-0.25, -0.2) is 0 Å². The Morgan fingerprint density at radius 1 is 1.43 bits per heavy atom. The van der Waals surface area contributed by atoms with Crippen molar-refractivity contribution >= 4 is 22.9 Å². The van der Waals surface area contributed by atoms with Gasteiger partial charge in [0.05, 0.1) is 10.5 Å². The summed E-state index contributed by atoms with van der Waals surface area (Å²) >= 11 is 7.44. The van der Waals surface area contributed by atoms with Gasteiger partial charge in [0.25, 0.3) is 0 Å². The molecule has 1 fully saturated rings. The highest BCUT2D eigenvalue weighted by Gasteiger charge is 2.19. The van der Waals surface area contributed by atoms with Crippen molar-refractivity contribution in [2.45, 2.75) is 6.17 Å². The Hall–Kier alpha value is -0.130. The van der Waals surface area contributed by atoms with E-state index in [0.29, 0.717) is 0 Å². The SMILES string of the molecule is NC(c1ccc(Cl)s1)N1CCNCC1. The summed E-state index contributed by atoms with van der Waals surface area (Å²) in [4.78, 5) is 3.43. The minimum atomic E-state index is 0.00889. The minimum absolute atomic E-state index is 0.00889. The van der Waals surface area contributed by atoms with E-state index in [1.54, 1.807) is 11.3 Å².